The Labute approximate surface area is 95.5 Å². The van der Waals surface area contributed by atoms with Crippen LogP contribution in [-0.4, -0.2) is 28.0 Å². The molecule has 14 heavy (non-hydrogen) atoms. The first-order valence-electron chi connectivity index (χ1n) is 4.22. The van der Waals surface area contributed by atoms with Gasteiger partial charge in [-0.2, -0.15) is 5.10 Å². The number of halogens is 2. The molecule has 2 rings (SSSR count). The van der Waals surface area contributed by atoms with Crippen LogP contribution in [0.1, 0.15) is 5.69 Å². The molecule has 1 aliphatic rings. The molecule has 1 aliphatic heterocycles. The molecule has 4 nitrogen and oxygen atoms in total. The topological polar surface area (TPSA) is 50.1 Å². The van der Waals surface area contributed by atoms with E-state index in [0.29, 0.717) is 5.92 Å². The lowest BCUT2D eigenvalue weighted by Crippen LogP contribution is -2.23. The van der Waals surface area contributed by atoms with E-state index in [1.54, 1.807) is 6.20 Å². The number of nitrogens with zero attached hydrogens (tertiary/aromatic N) is 2. The Morgan fingerprint density at radius 2 is 2.36 bits per heavy atom. The van der Waals surface area contributed by atoms with Gasteiger partial charge in [0.1, 0.15) is 0 Å². The standard InChI is InChI=1S/C8H13N3O.2ClH/c12-6-7-3-9-4-8-1-2-10-11(8)5-7;;/h1-2,7,9,12H,3-6H2;2*1H. The highest BCUT2D eigenvalue weighted by Crippen LogP contribution is 2.07. The largest absolute Gasteiger partial charge is 0.396 e. The molecule has 0 aromatic carbocycles. The van der Waals surface area contributed by atoms with Crippen LogP contribution >= 0.6 is 24.8 Å². The number of hydrogen-bond acceptors (Lipinski definition) is 3. The van der Waals surface area contributed by atoms with Crippen LogP contribution in [0.25, 0.3) is 0 Å². The van der Waals surface area contributed by atoms with Gasteiger partial charge in [0.05, 0.1) is 5.69 Å². The number of rotatable bonds is 1. The van der Waals surface area contributed by atoms with Crippen molar-refractivity contribution in [3.05, 3.63) is 18.0 Å². The monoisotopic (exact) mass is 239 g/mol. The van der Waals surface area contributed by atoms with E-state index >= 15 is 0 Å². The average molecular weight is 240 g/mol. The van der Waals surface area contributed by atoms with Gasteiger partial charge >= 0.3 is 0 Å². The van der Waals surface area contributed by atoms with Gasteiger partial charge in [-0.15, -0.1) is 24.8 Å². The summed E-state index contributed by atoms with van der Waals surface area (Å²) in [6.45, 7) is 2.79. The van der Waals surface area contributed by atoms with E-state index in [1.165, 1.54) is 5.69 Å². The van der Waals surface area contributed by atoms with Crippen LogP contribution in [0.4, 0.5) is 0 Å². The van der Waals surface area contributed by atoms with E-state index in [4.69, 9.17) is 5.11 Å². The fourth-order valence-corrected chi connectivity index (χ4v) is 1.51. The molecule has 1 unspecified atom stereocenters. The number of aliphatic hydroxyl groups excluding tert-OH is 1. The highest BCUT2D eigenvalue weighted by atomic mass is 35.5. The Hall–Kier alpha value is -0.290. The molecule has 0 saturated carbocycles. The van der Waals surface area contributed by atoms with E-state index in [1.807, 2.05) is 10.7 Å². The van der Waals surface area contributed by atoms with Crippen molar-refractivity contribution in [1.29, 1.82) is 0 Å². The van der Waals surface area contributed by atoms with Gasteiger partial charge in [0.15, 0.2) is 0 Å². The van der Waals surface area contributed by atoms with Crippen molar-refractivity contribution in [3.63, 3.8) is 0 Å². The highest BCUT2D eigenvalue weighted by Gasteiger charge is 2.14. The minimum Gasteiger partial charge on any atom is -0.396 e. The average Bonchev–Trinajstić information content (AvgIpc) is 2.43. The third-order valence-corrected chi connectivity index (χ3v) is 2.23. The molecule has 6 heteroatoms. The lowest BCUT2D eigenvalue weighted by atomic mass is 10.1. The first-order valence-corrected chi connectivity index (χ1v) is 4.22. The predicted octanol–water partition coefficient (Wildman–Crippen LogP) is 0.438. The molecule has 2 heterocycles. The quantitative estimate of drug-likeness (QED) is 0.748. The van der Waals surface area contributed by atoms with Crippen molar-refractivity contribution < 1.29 is 5.11 Å². The molecule has 0 aliphatic carbocycles. The fourth-order valence-electron chi connectivity index (χ4n) is 1.51. The van der Waals surface area contributed by atoms with Gasteiger partial charge in [-0.3, -0.25) is 4.68 Å². The number of aliphatic hydroxyl groups is 1. The smallest absolute Gasteiger partial charge is 0.0522 e. The molecule has 82 valence electrons. The number of fused-ring (bicyclic) bond motifs is 1. The highest BCUT2D eigenvalue weighted by molar-refractivity contribution is 5.85. The van der Waals surface area contributed by atoms with Gasteiger partial charge in [-0.25, -0.2) is 0 Å². The van der Waals surface area contributed by atoms with Crippen molar-refractivity contribution in [1.82, 2.24) is 15.1 Å². The Bertz CT molecular complexity index is 267. The molecule has 1 atom stereocenters. The van der Waals surface area contributed by atoms with Crippen molar-refractivity contribution in [2.75, 3.05) is 13.2 Å². The molecular weight excluding hydrogens is 225 g/mol. The maximum atomic E-state index is 9.00. The molecule has 0 radical (unpaired) electrons. The third kappa shape index (κ3) is 2.85. The molecule has 1 aromatic heterocycles. The van der Waals surface area contributed by atoms with Crippen LogP contribution in [0.2, 0.25) is 0 Å². The summed E-state index contributed by atoms with van der Waals surface area (Å²) >= 11 is 0. The van der Waals surface area contributed by atoms with E-state index in [0.717, 1.165) is 19.6 Å². The maximum absolute atomic E-state index is 9.00. The van der Waals surface area contributed by atoms with Crippen LogP contribution in [0.15, 0.2) is 12.3 Å². The second-order valence-electron chi connectivity index (χ2n) is 3.18. The lowest BCUT2D eigenvalue weighted by Gasteiger charge is -2.10. The van der Waals surface area contributed by atoms with Gasteiger partial charge in [0, 0.05) is 38.4 Å². The zero-order valence-corrected chi connectivity index (χ0v) is 9.35. The number of aromatic nitrogens is 2. The van der Waals surface area contributed by atoms with Crippen LogP contribution in [0, 0.1) is 5.92 Å². The van der Waals surface area contributed by atoms with E-state index in [2.05, 4.69) is 10.4 Å². The second-order valence-corrected chi connectivity index (χ2v) is 3.18. The van der Waals surface area contributed by atoms with Crippen molar-refractivity contribution in [2.45, 2.75) is 13.1 Å². The van der Waals surface area contributed by atoms with Gasteiger partial charge in [-0.05, 0) is 6.07 Å². The Kier molecular flexibility index (Phi) is 6.11. The first-order chi connectivity index (χ1) is 5.90. The third-order valence-electron chi connectivity index (χ3n) is 2.23. The summed E-state index contributed by atoms with van der Waals surface area (Å²) < 4.78 is 1.96. The van der Waals surface area contributed by atoms with Crippen LogP contribution in [0.5, 0.6) is 0 Å². The minimum absolute atomic E-state index is 0. The minimum atomic E-state index is 0. The van der Waals surface area contributed by atoms with E-state index in [-0.39, 0.29) is 31.4 Å². The summed E-state index contributed by atoms with van der Waals surface area (Å²) in [5.74, 6) is 0.297. The van der Waals surface area contributed by atoms with Gasteiger partial charge < -0.3 is 10.4 Å². The van der Waals surface area contributed by atoms with Crippen molar-refractivity contribution in [3.8, 4) is 0 Å². The SMILES string of the molecule is Cl.Cl.OCC1CNCc2ccnn2C1. The van der Waals surface area contributed by atoms with Crippen molar-refractivity contribution in [2.24, 2.45) is 5.92 Å². The molecule has 0 spiro atoms. The van der Waals surface area contributed by atoms with Crippen LogP contribution < -0.4 is 5.32 Å². The summed E-state index contributed by atoms with van der Waals surface area (Å²) in [7, 11) is 0. The Morgan fingerprint density at radius 3 is 3.07 bits per heavy atom. The molecule has 0 bridgehead atoms. The molecular formula is C8H15Cl2N3O. The van der Waals surface area contributed by atoms with E-state index < -0.39 is 0 Å². The second kappa shape index (κ2) is 6.24. The zero-order valence-electron chi connectivity index (χ0n) is 7.72. The van der Waals surface area contributed by atoms with Crippen molar-refractivity contribution >= 4 is 24.8 Å². The molecule has 0 saturated heterocycles. The summed E-state index contributed by atoms with van der Waals surface area (Å²) in [5, 5.41) is 16.4. The summed E-state index contributed by atoms with van der Waals surface area (Å²) in [6, 6.07) is 2.01. The van der Waals surface area contributed by atoms with Crippen LogP contribution in [0.3, 0.4) is 0 Å². The van der Waals surface area contributed by atoms with Gasteiger partial charge in [-0.1, -0.05) is 0 Å². The normalized spacial score (nSPS) is 19.9. The first kappa shape index (κ1) is 13.7. The van der Waals surface area contributed by atoms with Gasteiger partial charge in [0.2, 0.25) is 0 Å². The summed E-state index contributed by atoms with van der Waals surface area (Å²) in [5.41, 5.74) is 1.20. The summed E-state index contributed by atoms with van der Waals surface area (Å²) in [4.78, 5) is 0. The van der Waals surface area contributed by atoms with Crippen LogP contribution in [-0.2, 0) is 13.1 Å². The molecule has 0 amide bonds. The molecule has 0 fully saturated rings. The van der Waals surface area contributed by atoms with E-state index in [9.17, 15) is 0 Å². The molecule has 2 N–H and O–H groups in total. The number of hydrogen-bond donors (Lipinski definition) is 2. The zero-order chi connectivity index (χ0) is 8.39. The maximum Gasteiger partial charge on any atom is 0.0522 e. The van der Waals surface area contributed by atoms with Gasteiger partial charge in [0.25, 0.3) is 0 Å². The molecule has 1 aromatic rings. The summed E-state index contributed by atoms with van der Waals surface area (Å²) in [6.07, 6.45) is 1.80. The Morgan fingerprint density at radius 1 is 1.57 bits per heavy atom. The number of nitrogens with one attached hydrogen (secondary N) is 1. The Balaban J connectivity index is 0.000000845. The fraction of sp³-hybridized carbons (Fsp3) is 0.625. The lowest BCUT2D eigenvalue weighted by molar-refractivity contribution is 0.208. The predicted molar refractivity (Wildman–Crippen MR) is 59.0 cm³/mol.